The Labute approximate surface area is 128 Å². The average Bonchev–Trinajstić information content (AvgIpc) is 2.47. The van der Waals surface area contributed by atoms with Gasteiger partial charge in [0.2, 0.25) is 0 Å². The van der Waals surface area contributed by atoms with Crippen molar-refractivity contribution in [2.24, 2.45) is 10.9 Å². The van der Waals surface area contributed by atoms with E-state index in [0.29, 0.717) is 5.71 Å². The molecule has 5 heteroatoms. The first-order valence-electron chi connectivity index (χ1n) is 7.26. The van der Waals surface area contributed by atoms with Gasteiger partial charge in [-0.1, -0.05) is 6.08 Å². The van der Waals surface area contributed by atoms with Crippen LogP contribution < -0.4 is 5.32 Å². The monoisotopic (exact) mass is 304 g/mol. The number of nitrogens with one attached hydrogen (secondary N) is 1. The topological polar surface area (TPSA) is 58.5 Å². The highest BCUT2D eigenvalue weighted by Gasteiger charge is 2.33. The Kier molecular flexibility index (Phi) is 3.81. The zero-order chi connectivity index (χ0) is 15.0. The molecule has 4 nitrogen and oxygen atoms in total. The molecule has 1 N–H and O–H groups in total. The number of allylic oxidation sites excluding steroid dienone is 3. The number of aliphatic imine (C=N–C) groups is 1. The van der Waals surface area contributed by atoms with E-state index in [1.165, 1.54) is 5.57 Å². The Bertz CT molecular complexity index is 626. The summed E-state index contributed by atoms with van der Waals surface area (Å²) in [5.41, 5.74) is 3.53. The molecule has 21 heavy (non-hydrogen) atoms. The van der Waals surface area contributed by atoms with Crippen molar-refractivity contribution < 1.29 is 9.59 Å². The minimum atomic E-state index is -0.643. The van der Waals surface area contributed by atoms with Crippen LogP contribution in [0.4, 0.5) is 0 Å². The summed E-state index contributed by atoms with van der Waals surface area (Å²) in [6.45, 7) is 1.60. The first-order valence-corrected chi connectivity index (χ1v) is 7.69. The van der Waals surface area contributed by atoms with E-state index in [9.17, 15) is 9.59 Å². The molecule has 0 radical (unpaired) electrons. The number of rotatable bonds is 1. The molecule has 1 heterocycles. The summed E-state index contributed by atoms with van der Waals surface area (Å²) in [6, 6.07) is 0. The highest BCUT2D eigenvalue weighted by Crippen LogP contribution is 2.38. The molecule has 0 bridgehead atoms. The summed E-state index contributed by atoms with van der Waals surface area (Å²) in [7, 11) is 0. The summed E-state index contributed by atoms with van der Waals surface area (Å²) in [5.74, 6) is -0.245. The normalized spacial score (nSPS) is 27.7. The van der Waals surface area contributed by atoms with Crippen LogP contribution in [0.25, 0.3) is 0 Å². The van der Waals surface area contributed by atoms with E-state index in [1.807, 2.05) is 12.2 Å². The molecule has 2 atom stereocenters. The first-order chi connectivity index (χ1) is 10.1. The number of fused-ring (bicyclic) bond motifs is 2. The summed E-state index contributed by atoms with van der Waals surface area (Å²) in [5, 5.41) is 2.29. The standard InChI is InChI=1S/C16H17ClN2O2/c1-9(17)15(20)18-10-6-7-12-11-4-2-3-5-13(11)16(21)19-14(12)8-10/h6-9,12H,2-5H2,1H3,(H,19,21). The van der Waals surface area contributed by atoms with Crippen molar-refractivity contribution in [3.63, 3.8) is 0 Å². The van der Waals surface area contributed by atoms with Crippen LogP contribution in [0.3, 0.4) is 0 Å². The van der Waals surface area contributed by atoms with Crippen LogP contribution in [-0.4, -0.2) is 22.9 Å². The molecule has 0 saturated heterocycles. The number of alkyl halides is 1. The lowest BCUT2D eigenvalue weighted by Crippen LogP contribution is -2.37. The van der Waals surface area contributed by atoms with Crippen molar-refractivity contribution >= 4 is 29.1 Å². The van der Waals surface area contributed by atoms with Gasteiger partial charge in [-0.25, -0.2) is 4.99 Å². The van der Waals surface area contributed by atoms with Crippen molar-refractivity contribution in [1.29, 1.82) is 0 Å². The third-order valence-corrected chi connectivity index (χ3v) is 4.28. The maximum atomic E-state index is 12.2. The Morgan fingerprint density at radius 2 is 2.19 bits per heavy atom. The fourth-order valence-electron chi connectivity index (χ4n) is 3.04. The Balaban J connectivity index is 1.92. The molecule has 1 aliphatic heterocycles. The predicted octanol–water partition coefficient (Wildman–Crippen LogP) is 2.65. The Hall–Kier alpha value is -1.68. The summed E-state index contributed by atoms with van der Waals surface area (Å²) < 4.78 is 0. The molecule has 0 aromatic rings. The van der Waals surface area contributed by atoms with Gasteiger partial charge >= 0.3 is 0 Å². The van der Waals surface area contributed by atoms with Gasteiger partial charge in [-0.3, -0.25) is 9.59 Å². The van der Waals surface area contributed by atoms with Gasteiger partial charge in [0.05, 0.1) is 5.71 Å². The number of hydrogen-bond donors (Lipinski definition) is 1. The van der Waals surface area contributed by atoms with Gasteiger partial charge < -0.3 is 5.32 Å². The van der Waals surface area contributed by atoms with Crippen LogP contribution >= 0.6 is 11.6 Å². The lowest BCUT2D eigenvalue weighted by molar-refractivity contribution is -0.118. The SMILES string of the molecule is CC(Cl)C(=O)N=C1C=CC2C(=C1)NC(=O)C1=C2CCCC1. The molecular formula is C16H17ClN2O2. The van der Waals surface area contributed by atoms with Gasteiger partial charge in [0.1, 0.15) is 5.38 Å². The highest BCUT2D eigenvalue weighted by molar-refractivity contribution is 6.31. The second-order valence-electron chi connectivity index (χ2n) is 5.59. The van der Waals surface area contributed by atoms with Crippen molar-refractivity contribution in [1.82, 2.24) is 5.32 Å². The zero-order valence-electron chi connectivity index (χ0n) is 11.9. The third-order valence-electron chi connectivity index (χ3n) is 4.10. The van der Waals surface area contributed by atoms with Gasteiger partial charge in [0.25, 0.3) is 11.8 Å². The number of nitrogens with zero attached hydrogens (tertiary/aromatic N) is 1. The third kappa shape index (κ3) is 2.72. The number of hydrogen-bond acceptors (Lipinski definition) is 2. The van der Waals surface area contributed by atoms with E-state index in [1.54, 1.807) is 13.0 Å². The molecule has 2 aliphatic carbocycles. The van der Waals surface area contributed by atoms with E-state index < -0.39 is 5.38 Å². The average molecular weight is 305 g/mol. The minimum Gasteiger partial charge on any atom is -0.325 e. The van der Waals surface area contributed by atoms with Crippen LogP contribution in [0.15, 0.2) is 40.1 Å². The van der Waals surface area contributed by atoms with Crippen LogP contribution in [0.2, 0.25) is 0 Å². The van der Waals surface area contributed by atoms with Crippen molar-refractivity contribution in [2.75, 3.05) is 0 Å². The van der Waals surface area contributed by atoms with E-state index in [0.717, 1.165) is 37.0 Å². The molecule has 3 aliphatic rings. The molecule has 110 valence electrons. The zero-order valence-corrected chi connectivity index (χ0v) is 12.6. The number of amides is 2. The largest absolute Gasteiger partial charge is 0.325 e. The second kappa shape index (κ2) is 5.60. The molecule has 2 amide bonds. The van der Waals surface area contributed by atoms with E-state index in [4.69, 9.17) is 11.6 Å². The van der Waals surface area contributed by atoms with Crippen molar-refractivity contribution in [2.45, 2.75) is 38.0 Å². The van der Waals surface area contributed by atoms with Crippen molar-refractivity contribution in [3.05, 3.63) is 35.1 Å². The molecule has 0 aromatic carbocycles. The maximum Gasteiger partial charge on any atom is 0.263 e. The van der Waals surface area contributed by atoms with E-state index >= 15 is 0 Å². The second-order valence-corrected chi connectivity index (χ2v) is 6.25. The lowest BCUT2D eigenvalue weighted by atomic mass is 9.77. The smallest absolute Gasteiger partial charge is 0.263 e. The molecular weight excluding hydrogens is 288 g/mol. The summed E-state index contributed by atoms with van der Waals surface area (Å²) in [6.07, 6.45) is 9.67. The minimum absolute atomic E-state index is 0.00103. The van der Waals surface area contributed by atoms with Gasteiger partial charge in [0, 0.05) is 17.2 Å². The molecule has 0 aromatic heterocycles. The summed E-state index contributed by atoms with van der Waals surface area (Å²) >= 11 is 5.72. The van der Waals surface area contributed by atoms with Gasteiger partial charge in [0.15, 0.2) is 0 Å². The lowest BCUT2D eigenvalue weighted by Gasteiger charge is -2.33. The maximum absolute atomic E-state index is 12.2. The molecule has 0 fully saturated rings. The van der Waals surface area contributed by atoms with Crippen LogP contribution in [-0.2, 0) is 9.59 Å². The van der Waals surface area contributed by atoms with E-state index in [2.05, 4.69) is 10.3 Å². The van der Waals surface area contributed by atoms with Crippen LogP contribution in [0.5, 0.6) is 0 Å². The fourth-order valence-corrected chi connectivity index (χ4v) is 3.09. The van der Waals surface area contributed by atoms with Gasteiger partial charge in [-0.2, -0.15) is 0 Å². The number of carbonyl (C=O) groups excluding carboxylic acids is 2. The predicted molar refractivity (Wildman–Crippen MR) is 82.1 cm³/mol. The summed E-state index contributed by atoms with van der Waals surface area (Å²) in [4.78, 5) is 27.7. The van der Waals surface area contributed by atoms with Gasteiger partial charge in [-0.15, -0.1) is 11.6 Å². The number of carbonyl (C=O) groups is 2. The highest BCUT2D eigenvalue weighted by atomic mass is 35.5. The van der Waals surface area contributed by atoms with Crippen molar-refractivity contribution in [3.8, 4) is 0 Å². The first kappa shape index (κ1) is 14.3. The Morgan fingerprint density at radius 3 is 2.95 bits per heavy atom. The molecule has 0 saturated carbocycles. The molecule has 2 unspecified atom stereocenters. The van der Waals surface area contributed by atoms with Gasteiger partial charge in [-0.05, 0) is 50.3 Å². The molecule has 0 spiro atoms. The van der Waals surface area contributed by atoms with Crippen LogP contribution in [0, 0.1) is 5.92 Å². The fraction of sp³-hybridized carbons (Fsp3) is 0.438. The Morgan fingerprint density at radius 1 is 1.43 bits per heavy atom. The van der Waals surface area contributed by atoms with Crippen LogP contribution in [0.1, 0.15) is 32.6 Å². The number of halogens is 1. The quantitative estimate of drug-likeness (QED) is 0.757. The molecule has 3 rings (SSSR count). The van der Waals surface area contributed by atoms with E-state index in [-0.39, 0.29) is 17.7 Å².